The summed E-state index contributed by atoms with van der Waals surface area (Å²) in [5.41, 5.74) is 0.535. The van der Waals surface area contributed by atoms with E-state index < -0.39 is 5.82 Å². The number of carbonyl (C=O) groups is 2. The second-order valence-electron chi connectivity index (χ2n) is 7.86. The molecule has 2 aromatic heterocycles. The lowest BCUT2D eigenvalue weighted by Crippen LogP contribution is -2.47. The van der Waals surface area contributed by atoms with Crippen LogP contribution in [0.5, 0.6) is 0 Å². The molecule has 2 saturated heterocycles. The first kappa shape index (κ1) is 19.5. The highest BCUT2D eigenvalue weighted by atomic mass is 19.1. The Bertz CT molecular complexity index is 900. The summed E-state index contributed by atoms with van der Waals surface area (Å²) in [6.45, 7) is 3.36. The second kappa shape index (κ2) is 7.88. The average Bonchev–Trinajstić information content (AvgIpc) is 3.00. The van der Waals surface area contributed by atoms with Crippen LogP contribution in [0.3, 0.4) is 0 Å². The van der Waals surface area contributed by atoms with Crippen LogP contribution in [0.15, 0.2) is 22.7 Å². The third kappa shape index (κ3) is 3.99. The van der Waals surface area contributed by atoms with Gasteiger partial charge in [-0.3, -0.25) is 14.6 Å². The van der Waals surface area contributed by atoms with Gasteiger partial charge in [0.25, 0.3) is 0 Å². The quantitative estimate of drug-likeness (QED) is 0.775. The Labute approximate surface area is 168 Å². The molecule has 0 radical (unpaired) electrons. The predicted octanol–water partition coefficient (Wildman–Crippen LogP) is 1.57. The zero-order valence-electron chi connectivity index (χ0n) is 16.5. The Balaban J connectivity index is 1.49. The van der Waals surface area contributed by atoms with Crippen molar-refractivity contribution in [2.24, 2.45) is 11.8 Å². The fraction of sp³-hybridized carbons (Fsp3) is 0.550. The van der Waals surface area contributed by atoms with Crippen molar-refractivity contribution in [1.29, 1.82) is 0 Å². The molecule has 0 spiro atoms. The highest BCUT2D eigenvalue weighted by Gasteiger charge is 2.45. The molecule has 0 aromatic carbocycles. The fourth-order valence-corrected chi connectivity index (χ4v) is 4.47. The molecule has 4 heterocycles. The van der Waals surface area contributed by atoms with E-state index in [9.17, 15) is 14.0 Å². The number of nitrogens with zero attached hydrogens (tertiary/aromatic N) is 5. The average molecular weight is 401 g/mol. The Kier molecular flexibility index (Phi) is 5.29. The number of piperidine rings is 1. The first-order valence-electron chi connectivity index (χ1n) is 9.85. The van der Waals surface area contributed by atoms with E-state index in [1.165, 1.54) is 12.1 Å². The van der Waals surface area contributed by atoms with Crippen molar-refractivity contribution in [1.82, 2.24) is 25.0 Å². The van der Waals surface area contributed by atoms with Gasteiger partial charge < -0.3 is 14.2 Å². The minimum atomic E-state index is -0.426. The number of hydrogen-bond donors (Lipinski definition) is 0. The molecule has 2 aromatic rings. The SMILES string of the molecule is Cc1nnc([C@H]2CN(C)C(=O)[C@H]3CCN(C(=O)Cc4ccc(F)cn4)CC[C@H]32)o1. The van der Waals surface area contributed by atoms with Crippen LogP contribution in [0, 0.1) is 24.6 Å². The maximum absolute atomic E-state index is 13.0. The van der Waals surface area contributed by atoms with Gasteiger partial charge >= 0.3 is 0 Å². The van der Waals surface area contributed by atoms with Crippen LogP contribution < -0.4 is 0 Å². The van der Waals surface area contributed by atoms with E-state index in [2.05, 4.69) is 15.2 Å². The standard InChI is InChI=1S/C20H24FN5O3/c1-12-23-24-19(29-12)17-11-25(2)20(28)16-6-8-26(7-5-15(16)17)18(27)9-14-4-3-13(21)10-22-14/h3-4,10,15-17H,5-9,11H2,1-2H3/t15-,16+,17+/m1/s1. The summed E-state index contributed by atoms with van der Waals surface area (Å²) in [6, 6.07) is 2.83. The van der Waals surface area contributed by atoms with E-state index in [1.54, 1.807) is 23.8 Å². The van der Waals surface area contributed by atoms with E-state index in [0.717, 1.165) is 6.20 Å². The van der Waals surface area contributed by atoms with Gasteiger partial charge in [-0.15, -0.1) is 10.2 Å². The molecule has 3 atom stereocenters. The van der Waals surface area contributed by atoms with Crippen LogP contribution in [-0.2, 0) is 16.0 Å². The van der Waals surface area contributed by atoms with E-state index in [-0.39, 0.29) is 36.0 Å². The minimum absolute atomic E-state index is 0.0299. The molecule has 2 fully saturated rings. The van der Waals surface area contributed by atoms with Gasteiger partial charge in [-0.2, -0.15) is 0 Å². The van der Waals surface area contributed by atoms with E-state index in [4.69, 9.17) is 4.42 Å². The van der Waals surface area contributed by atoms with Gasteiger partial charge in [0.15, 0.2) is 0 Å². The van der Waals surface area contributed by atoms with Gasteiger partial charge in [0.05, 0.1) is 18.5 Å². The summed E-state index contributed by atoms with van der Waals surface area (Å²) >= 11 is 0. The molecular weight excluding hydrogens is 377 g/mol. The maximum Gasteiger partial charge on any atom is 0.228 e. The van der Waals surface area contributed by atoms with Crippen LogP contribution in [0.2, 0.25) is 0 Å². The molecule has 2 amide bonds. The zero-order valence-corrected chi connectivity index (χ0v) is 16.5. The minimum Gasteiger partial charge on any atom is -0.425 e. The Hall–Kier alpha value is -2.84. The molecule has 29 heavy (non-hydrogen) atoms. The summed E-state index contributed by atoms with van der Waals surface area (Å²) in [5, 5.41) is 8.14. The van der Waals surface area contributed by atoms with Crippen molar-refractivity contribution in [2.75, 3.05) is 26.7 Å². The number of rotatable bonds is 3. The van der Waals surface area contributed by atoms with Gasteiger partial charge in [-0.1, -0.05) is 0 Å². The van der Waals surface area contributed by atoms with Crippen LogP contribution in [0.1, 0.15) is 36.2 Å². The van der Waals surface area contributed by atoms with Crippen molar-refractivity contribution in [3.8, 4) is 0 Å². The number of likely N-dealkylation sites (tertiary alicyclic amines) is 2. The topological polar surface area (TPSA) is 92.4 Å². The highest BCUT2D eigenvalue weighted by Crippen LogP contribution is 2.41. The second-order valence-corrected chi connectivity index (χ2v) is 7.86. The van der Waals surface area contributed by atoms with Crippen molar-refractivity contribution >= 4 is 11.8 Å². The van der Waals surface area contributed by atoms with E-state index in [0.29, 0.717) is 50.0 Å². The van der Waals surface area contributed by atoms with Crippen molar-refractivity contribution in [2.45, 2.75) is 32.1 Å². The molecule has 0 saturated carbocycles. The van der Waals surface area contributed by atoms with Crippen molar-refractivity contribution in [3.05, 3.63) is 41.6 Å². The van der Waals surface area contributed by atoms with Gasteiger partial charge in [-0.05, 0) is 30.9 Å². The lowest BCUT2D eigenvalue weighted by Gasteiger charge is -2.39. The van der Waals surface area contributed by atoms with E-state index in [1.807, 2.05) is 0 Å². The summed E-state index contributed by atoms with van der Waals surface area (Å²) in [6.07, 6.45) is 2.53. The van der Waals surface area contributed by atoms with Crippen LogP contribution in [0.4, 0.5) is 4.39 Å². The first-order chi connectivity index (χ1) is 13.9. The van der Waals surface area contributed by atoms with Crippen LogP contribution in [-0.4, -0.2) is 63.5 Å². The highest BCUT2D eigenvalue weighted by molar-refractivity contribution is 5.81. The molecule has 9 heteroatoms. The molecule has 0 bridgehead atoms. The van der Waals surface area contributed by atoms with Gasteiger partial charge in [-0.25, -0.2) is 4.39 Å². The van der Waals surface area contributed by atoms with Crippen LogP contribution in [0.25, 0.3) is 0 Å². The number of aromatic nitrogens is 3. The normalized spacial score (nSPS) is 24.9. The molecule has 0 N–H and O–H groups in total. The molecule has 0 unspecified atom stereocenters. The third-order valence-corrected chi connectivity index (χ3v) is 5.97. The number of likely N-dealkylation sites (N-methyl/N-ethyl adjacent to an activating group) is 1. The van der Waals surface area contributed by atoms with Crippen molar-refractivity contribution < 1.29 is 18.4 Å². The first-order valence-corrected chi connectivity index (χ1v) is 9.85. The number of aryl methyl sites for hydroxylation is 1. The van der Waals surface area contributed by atoms with Crippen molar-refractivity contribution in [3.63, 3.8) is 0 Å². The number of halogens is 1. The summed E-state index contributed by atoms with van der Waals surface area (Å²) < 4.78 is 18.7. The molecule has 4 rings (SSSR count). The number of hydrogen-bond acceptors (Lipinski definition) is 6. The monoisotopic (exact) mass is 401 g/mol. The molecular formula is C20H24FN5O3. The number of carbonyl (C=O) groups excluding carboxylic acids is 2. The number of amides is 2. The zero-order chi connectivity index (χ0) is 20.5. The molecule has 2 aliphatic rings. The molecule has 154 valence electrons. The fourth-order valence-electron chi connectivity index (χ4n) is 4.47. The van der Waals surface area contributed by atoms with E-state index >= 15 is 0 Å². The summed E-state index contributed by atoms with van der Waals surface area (Å²) in [4.78, 5) is 33.1. The smallest absolute Gasteiger partial charge is 0.228 e. The number of pyridine rings is 1. The predicted molar refractivity (Wildman–Crippen MR) is 100 cm³/mol. The lowest BCUT2D eigenvalue weighted by atomic mass is 9.74. The van der Waals surface area contributed by atoms with Gasteiger partial charge in [0.2, 0.25) is 23.6 Å². The molecule has 2 aliphatic heterocycles. The van der Waals surface area contributed by atoms with Gasteiger partial charge in [0.1, 0.15) is 5.82 Å². The largest absolute Gasteiger partial charge is 0.425 e. The Morgan fingerprint density at radius 3 is 2.72 bits per heavy atom. The summed E-state index contributed by atoms with van der Waals surface area (Å²) in [5.74, 6) is 0.543. The third-order valence-electron chi connectivity index (χ3n) is 5.97. The maximum atomic E-state index is 13.0. The van der Waals surface area contributed by atoms with Gasteiger partial charge in [0, 0.05) is 45.2 Å². The Morgan fingerprint density at radius 1 is 1.24 bits per heavy atom. The molecule has 8 nitrogen and oxygen atoms in total. The summed E-state index contributed by atoms with van der Waals surface area (Å²) in [7, 11) is 1.79. The Morgan fingerprint density at radius 2 is 2.03 bits per heavy atom. The number of fused-ring (bicyclic) bond motifs is 1. The lowest BCUT2D eigenvalue weighted by molar-refractivity contribution is -0.141. The van der Waals surface area contributed by atoms with Crippen LogP contribution >= 0.6 is 0 Å². The molecule has 0 aliphatic carbocycles.